The number of aromatic nitrogens is 1. The molecule has 0 bridgehead atoms. The molecule has 1 saturated heterocycles. The third-order valence-corrected chi connectivity index (χ3v) is 4.50. The number of hydrogen-bond donors (Lipinski definition) is 1. The lowest BCUT2D eigenvalue weighted by Gasteiger charge is -2.13. The predicted octanol–water partition coefficient (Wildman–Crippen LogP) is 1.57. The van der Waals surface area contributed by atoms with Crippen molar-refractivity contribution >= 4 is 23.2 Å². The van der Waals surface area contributed by atoms with Crippen LogP contribution in [0.1, 0.15) is 40.7 Å². The first kappa shape index (κ1) is 11.6. The molecule has 5 nitrogen and oxygen atoms in total. The normalized spacial score (nSPS) is 23.3. The first-order valence-electron chi connectivity index (χ1n) is 6.12. The first-order valence-corrected chi connectivity index (χ1v) is 7.00. The Bertz CT molecular complexity index is 495. The number of likely N-dealkylation sites (tertiary alicyclic amines) is 1. The summed E-state index contributed by atoms with van der Waals surface area (Å²) in [4.78, 5) is 29.0. The Kier molecular flexibility index (Phi) is 2.81. The molecule has 0 aromatic carbocycles. The highest BCUT2D eigenvalue weighted by molar-refractivity contribution is 7.10. The van der Waals surface area contributed by atoms with Crippen LogP contribution in [-0.4, -0.2) is 40.0 Å². The van der Waals surface area contributed by atoms with E-state index in [9.17, 15) is 9.59 Å². The molecule has 18 heavy (non-hydrogen) atoms. The van der Waals surface area contributed by atoms with Crippen LogP contribution in [0.3, 0.4) is 0 Å². The van der Waals surface area contributed by atoms with Crippen molar-refractivity contribution in [3.63, 3.8) is 0 Å². The van der Waals surface area contributed by atoms with E-state index >= 15 is 0 Å². The van der Waals surface area contributed by atoms with Crippen molar-refractivity contribution in [3.05, 3.63) is 16.1 Å². The van der Waals surface area contributed by atoms with Crippen LogP contribution in [-0.2, 0) is 4.79 Å². The summed E-state index contributed by atoms with van der Waals surface area (Å²) in [5.41, 5.74) is 0.480. The van der Waals surface area contributed by atoms with Crippen LogP contribution < -0.4 is 0 Å². The lowest BCUT2D eigenvalue weighted by atomic mass is 10.1. The van der Waals surface area contributed by atoms with E-state index in [-0.39, 0.29) is 5.91 Å². The summed E-state index contributed by atoms with van der Waals surface area (Å²) >= 11 is 1.54. The van der Waals surface area contributed by atoms with Gasteiger partial charge in [-0.1, -0.05) is 0 Å². The van der Waals surface area contributed by atoms with Crippen molar-refractivity contribution in [1.29, 1.82) is 0 Å². The van der Waals surface area contributed by atoms with Crippen molar-refractivity contribution in [3.8, 4) is 0 Å². The van der Waals surface area contributed by atoms with Gasteiger partial charge in [0.25, 0.3) is 5.91 Å². The summed E-state index contributed by atoms with van der Waals surface area (Å²) < 4.78 is 0. The summed E-state index contributed by atoms with van der Waals surface area (Å²) in [5, 5.41) is 11.8. The molecule has 2 fully saturated rings. The number of thiazole rings is 1. The standard InChI is InChI=1S/C12H14N2O3S/c15-11(14-4-3-8(5-14)12(16)17)9-6-18-10(13-9)7-1-2-7/h6-8H,1-5H2,(H,16,17). The van der Waals surface area contributed by atoms with Crippen molar-refractivity contribution in [2.24, 2.45) is 5.92 Å². The van der Waals surface area contributed by atoms with Gasteiger partial charge in [0.15, 0.2) is 0 Å². The average molecular weight is 266 g/mol. The highest BCUT2D eigenvalue weighted by atomic mass is 32.1. The topological polar surface area (TPSA) is 70.5 Å². The number of aliphatic carboxylic acids is 1. The van der Waals surface area contributed by atoms with Crippen LogP contribution in [0.2, 0.25) is 0 Å². The third kappa shape index (κ3) is 2.12. The Morgan fingerprint density at radius 2 is 2.17 bits per heavy atom. The predicted molar refractivity (Wildman–Crippen MR) is 65.7 cm³/mol. The van der Waals surface area contributed by atoms with Crippen molar-refractivity contribution in [2.45, 2.75) is 25.2 Å². The zero-order chi connectivity index (χ0) is 12.7. The van der Waals surface area contributed by atoms with E-state index in [1.54, 1.807) is 10.3 Å². The molecule has 1 unspecified atom stereocenters. The SMILES string of the molecule is O=C(O)C1CCN(C(=O)c2csc(C3CC3)n2)C1. The minimum atomic E-state index is -0.817. The molecule has 1 saturated carbocycles. The molecule has 6 heteroatoms. The van der Waals surface area contributed by atoms with E-state index in [1.165, 1.54) is 24.2 Å². The Hall–Kier alpha value is -1.43. The smallest absolute Gasteiger partial charge is 0.308 e. The second-order valence-corrected chi connectivity index (χ2v) is 5.81. The van der Waals surface area contributed by atoms with E-state index in [1.807, 2.05) is 0 Å². The molecule has 1 atom stereocenters. The highest BCUT2D eigenvalue weighted by Gasteiger charge is 2.33. The highest BCUT2D eigenvalue weighted by Crippen LogP contribution is 2.41. The summed E-state index contributed by atoms with van der Waals surface area (Å²) in [5.74, 6) is -0.804. The maximum absolute atomic E-state index is 12.1. The molecule has 1 aliphatic heterocycles. The number of rotatable bonds is 3. The molecule has 2 heterocycles. The molecule has 2 aliphatic rings. The minimum absolute atomic E-state index is 0.123. The van der Waals surface area contributed by atoms with Gasteiger partial charge in [0.2, 0.25) is 0 Å². The third-order valence-electron chi connectivity index (χ3n) is 3.49. The molecule has 96 valence electrons. The molecule has 1 amide bonds. The Morgan fingerprint density at radius 1 is 1.39 bits per heavy atom. The zero-order valence-corrected chi connectivity index (χ0v) is 10.7. The zero-order valence-electron chi connectivity index (χ0n) is 9.83. The van der Waals surface area contributed by atoms with Crippen molar-refractivity contribution < 1.29 is 14.7 Å². The Morgan fingerprint density at radius 3 is 2.78 bits per heavy atom. The summed E-state index contributed by atoms with van der Waals surface area (Å²) in [6.07, 6.45) is 2.89. The molecular weight excluding hydrogens is 252 g/mol. The van der Waals surface area contributed by atoms with Crippen molar-refractivity contribution in [1.82, 2.24) is 9.88 Å². The first-order chi connectivity index (χ1) is 8.65. The van der Waals surface area contributed by atoms with Gasteiger partial charge < -0.3 is 10.0 Å². The van der Waals surface area contributed by atoms with Gasteiger partial charge in [-0.3, -0.25) is 9.59 Å². The van der Waals surface area contributed by atoms with E-state index in [4.69, 9.17) is 5.11 Å². The summed E-state index contributed by atoms with van der Waals surface area (Å²) in [6, 6.07) is 0. The van der Waals surface area contributed by atoms with Crippen molar-refractivity contribution in [2.75, 3.05) is 13.1 Å². The van der Waals surface area contributed by atoms with Crippen LogP contribution in [0.4, 0.5) is 0 Å². The molecule has 1 N–H and O–H groups in total. The second kappa shape index (κ2) is 4.35. The Labute approximate surface area is 108 Å². The molecule has 1 aliphatic carbocycles. The fraction of sp³-hybridized carbons (Fsp3) is 0.583. The lowest BCUT2D eigenvalue weighted by molar-refractivity contribution is -0.141. The molecular formula is C12H14N2O3S. The summed E-state index contributed by atoms with van der Waals surface area (Å²) in [7, 11) is 0. The number of carboxylic acid groups (broad SMARTS) is 1. The van der Waals surface area contributed by atoms with Gasteiger partial charge in [-0.2, -0.15) is 0 Å². The van der Waals surface area contributed by atoms with Gasteiger partial charge in [0, 0.05) is 24.4 Å². The Balaban J connectivity index is 1.68. The van der Waals surface area contributed by atoms with Crippen LogP contribution in [0.15, 0.2) is 5.38 Å². The average Bonchev–Trinajstić information content (AvgIpc) is 2.92. The second-order valence-electron chi connectivity index (χ2n) is 4.92. The number of amides is 1. The van der Waals surface area contributed by atoms with Gasteiger partial charge >= 0.3 is 5.97 Å². The van der Waals surface area contributed by atoms with E-state index in [0.717, 1.165) is 5.01 Å². The summed E-state index contributed by atoms with van der Waals surface area (Å²) in [6.45, 7) is 0.830. The molecule has 0 spiro atoms. The maximum atomic E-state index is 12.1. The van der Waals surface area contributed by atoms with Crippen LogP contribution >= 0.6 is 11.3 Å². The van der Waals surface area contributed by atoms with Crippen LogP contribution in [0.25, 0.3) is 0 Å². The largest absolute Gasteiger partial charge is 0.481 e. The maximum Gasteiger partial charge on any atom is 0.308 e. The number of hydrogen-bond acceptors (Lipinski definition) is 4. The molecule has 1 aromatic heterocycles. The molecule has 0 radical (unpaired) electrons. The monoisotopic (exact) mass is 266 g/mol. The van der Waals surface area contributed by atoms with Crippen LogP contribution in [0, 0.1) is 5.92 Å². The molecule has 3 rings (SSSR count). The van der Waals surface area contributed by atoms with Gasteiger partial charge in [0.1, 0.15) is 5.69 Å². The number of carbonyl (C=O) groups is 2. The minimum Gasteiger partial charge on any atom is -0.481 e. The van der Waals surface area contributed by atoms with E-state index < -0.39 is 11.9 Å². The fourth-order valence-electron chi connectivity index (χ4n) is 2.21. The molecule has 1 aromatic rings. The van der Waals surface area contributed by atoms with Gasteiger partial charge in [0.05, 0.1) is 10.9 Å². The lowest BCUT2D eigenvalue weighted by Crippen LogP contribution is -2.30. The number of carbonyl (C=O) groups excluding carboxylic acids is 1. The van der Waals surface area contributed by atoms with Gasteiger partial charge in [-0.15, -0.1) is 11.3 Å². The fourth-order valence-corrected chi connectivity index (χ4v) is 3.18. The number of carboxylic acids is 1. The van der Waals surface area contributed by atoms with Crippen LogP contribution in [0.5, 0.6) is 0 Å². The number of nitrogens with zero attached hydrogens (tertiary/aromatic N) is 2. The van der Waals surface area contributed by atoms with E-state index in [2.05, 4.69) is 4.98 Å². The van der Waals surface area contributed by atoms with Gasteiger partial charge in [-0.25, -0.2) is 4.98 Å². The van der Waals surface area contributed by atoms with Gasteiger partial charge in [-0.05, 0) is 19.3 Å². The quantitative estimate of drug-likeness (QED) is 0.901. The van der Waals surface area contributed by atoms with E-state index in [0.29, 0.717) is 31.1 Å².